The summed E-state index contributed by atoms with van der Waals surface area (Å²) in [5.74, 6) is 1.54. The Hall–Kier alpha value is -1.36. The smallest absolute Gasteiger partial charge is 0.224 e. The minimum absolute atomic E-state index is 0.113. The molecule has 2 rings (SSSR count). The number of likely N-dealkylation sites (tertiary alicyclic amines) is 1. The number of carbonyl (C=O) groups excluding carboxylic acids is 1. The van der Waals surface area contributed by atoms with E-state index in [-0.39, 0.29) is 5.91 Å². The molecule has 1 N–H and O–H groups in total. The zero-order valence-corrected chi connectivity index (χ0v) is 16.8. The van der Waals surface area contributed by atoms with Gasteiger partial charge in [0.2, 0.25) is 5.91 Å². The topological polar surface area (TPSA) is 50.2 Å². The summed E-state index contributed by atoms with van der Waals surface area (Å²) >= 11 is 0. The zero-order valence-electron chi connectivity index (χ0n) is 16.8. The van der Waals surface area contributed by atoms with Crippen LogP contribution >= 0.6 is 0 Å². The third kappa shape index (κ3) is 6.14. The fourth-order valence-electron chi connectivity index (χ4n) is 3.55. The van der Waals surface area contributed by atoms with Gasteiger partial charge in [0, 0.05) is 24.3 Å². The van der Waals surface area contributed by atoms with Crippen LogP contribution in [0, 0.1) is 25.7 Å². The van der Waals surface area contributed by atoms with Gasteiger partial charge in [-0.1, -0.05) is 20.8 Å². The maximum Gasteiger partial charge on any atom is 0.224 e. The molecule has 1 aromatic heterocycles. The van der Waals surface area contributed by atoms with Gasteiger partial charge < -0.3 is 10.2 Å². The fraction of sp³-hybridized carbons (Fsp3) is 0.800. The van der Waals surface area contributed by atoms with Crippen molar-refractivity contribution in [1.82, 2.24) is 20.0 Å². The first-order chi connectivity index (χ1) is 11.9. The molecule has 1 amide bonds. The van der Waals surface area contributed by atoms with E-state index in [4.69, 9.17) is 0 Å². The average Bonchev–Trinajstić information content (AvgIpc) is 2.80. The Labute approximate surface area is 153 Å². The van der Waals surface area contributed by atoms with Crippen molar-refractivity contribution in [3.05, 3.63) is 17.0 Å². The Balaban J connectivity index is 1.72. The molecule has 0 unspecified atom stereocenters. The second-order valence-corrected chi connectivity index (χ2v) is 8.13. The van der Waals surface area contributed by atoms with Gasteiger partial charge in [0.1, 0.15) is 0 Å². The lowest BCUT2D eigenvalue weighted by Gasteiger charge is -2.30. The molecule has 0 radical (unpaired) electrons. The molecule has 0 bridgehead atoms. The molecule has 5 heteroatoms. The second kappa shape index (κ2) is 9.37. The molecule has 1 aromatic rings. The molecule has 0 aromatic carbocycles. The van der Waals surface area contributed by atoms with Crippen LogP contribution in [0.1, 0.15) is 57.0 Å². The molecule has 2 heterocycles. The third-order valence-electron chi connectivity index (χ3n) is 5.26. The lowest BCUT2D eigenvalue weighted by atomic mass is 9.99. The predicted octanol–water partition coefficient (Wildman–Crippen LogP) is 2.94. The molecule has 1 saturated heterocycles. The van der Waals surface area contributed by atoms with Crippen LogP contribution in [-0.4, -0.2) is 46.8 Å². The molecular formula is C20H36N4O. The minimum Gasteiger partial charge on any atom is -0.356 e. The van der Waals surface area contributed by atoms with E-state index in [9.17, 15) is 4.79 Å². The van der Waals surface area contributed by atoms with E-state index in [2.05, 4.69) is 43.0 Å². The molecule has 0 saturated carbocycles. The van der Waals surface area contributed by atoms with Gasteiger partial charge in [-0.05, 0) is 64.6 Å². The molecule has 1 aliphatic rings. The van der Waals surface area contributed by atoms with Gasteiger partial charge >= 0.3 is 0 Å². The average molecular weight is 349 g/mol. The van der Waals surface area contributed by atoms with Crippen LogP contribution in [0.25, 0.3) is 0 Å². The highest BCUT2D eigenvalue weighted by Crippen LogP contribution is 2.16. The van der Waals surface area contributed by atoms with Gasteiger partial charge in [0.25, 0.3) is 0 Å². The Bertz CT molecular complexity index is 556. The maximum atomic E-state index is 12.3. The van der Waals surface area contributed by atoms with Crippen molar-refractivity contribution < 1.29 is 4.79 Å². The standard InChI is InChI=1S/C20H36N4O/c1-15(2)14-24-18(5)19(17(4)22-24)13-20(25)21-9-6-10-23-11-7-16(3)8-12-23/h15-16H,6-14H2,1-5H3,(H,21,25). The SMILES string of the molecule is Cc1nn(CC(C)C)c(C)c1CC(=O)NCCCN1CCC(C)CC1. The third-order valence-corrected chi connectivity index (χ3v) is 5.26. The van der Waals surface area contributed by atoms with Crippen LogP contribution < -0.4 is 5.32 Å². The van der Waals surface area contributed by atoms with Gasteiger partial charge in [-0.3, -0.25) is 9.48 Å². The molecule has 1 aliphatic heterocycles. The van der Waals surface area contributed by atoms with Crippen LogP contribution in [-0.2, 0) is 17.8 Å². The maximum absolute atomic E-state index is 12.3. The van der Waals surface area contributed by atoms with E-state index in [0.29, 0.717) is 12.3 Å². The van der Waals surface area contributed by atoms with Crippen molar-refractivity contribution in [2.75, 3.05) is 26.2 Å². The van der Waals surface area contributed by atoms with Crippen molar-refractivity contribution in [2.45, 2.75) is 66.8 Å². The van der Waals surface area contributed by atoms with E-state index in [0.717, 1.165) is 48.9 Å². The molecule has 25 heavy (non-hydrogen) atoms. The summed E-state index contributed by atoms with van der Waals surface area (Å²) in [6, 6.07) is 0. The van der Waals surface area contributed by atoms with E-state index < -0.39 is 0 Å². The lowest BCUT2D eigenvalue weighted by Crippen LogP contribution is -2.35. The number of nitrogens with one attached hydrogen (secondary N) is 1. The molecule has 0 spiro atoms. The molecular weight excluding hydrogens is 312 g/mol. The minimum atomic E-state index is 0.113. The van der Waals surface area contributed by atoms with Crippen molar-refractivity contribution in [1.29, 1.82) is 0 Å². The first-order valence-corrected chi connectivity index (χ1v) is 9.88. The van der Waals surface area contributed by atoms with Crippen LogP contribution in [0.2, 0.25) is 0 Å². The van der Waals surface area contributed by atoms with Crippen molar-refractivity contribution in [2.24, 2.45) is 11.8 Å². The Morgan fingerprint density at radius 1 is 1.28 bits per heavy atom. The number of hydrogen-bond acceptors (Lipinski definition) is 3. The molecule has 142 valence electrons. The number of nitrogens with zero attached hydrogens (tertiary/aromatic N) is 3. The summed E-state index contributed by atoms with van der Waals surface area (Å²) in [7, 11) is 0. The highest BCUT2D eigenvalue weighted by atomic mass is 16.1. The Morgan fingerprint density at radius 2 is 1.96 bits per heavy atom. The van der Waals surface area contributed by atoms with E-state index in [1.54, 1.807) is 0 Å². The van der Waals surface area contributed by atoms with Gasteiger partial charge in [-0.25, -0.2) is 0 Å². The summed E-state index contributed by atoms with van der Waals surface area (Å²) in [5, 5.41) is 7.68. The summed E-state index contributed by atoms with van der Waals surface area (Å²) in [4.78, 5) is 14.8. The number of piperidine rings is 1. The van der Waals surface area contributed by atoms with Crippen molar-refractivity contribution in [3.8, 4) is 0 Å². The second-order valence-electron chi connectivity index (χ2n) is 8.13. The summed E-state index contributed by atoms with van der Waals surface area (Å²) < 4.78 is 2.04. The monoisotopic (exact) mass is 348 g/mol. The largest absolute Gasteiger partial charge is 0.356 e. The van der Waals surface area contributed by atoms with Gasteiger partial charge in [0.05, 0.1) is 12.1 Å². The Kier molecular flexibility index (Phi) is 7.48. The molecule has 1 fully saturated rings. The zero-order chi connectivity index (χ0) is 18.4. The fourth-order valence-corrected chi connectivity index (χ4v) is 3.55. The normalized spacial score (nSPS) is 16.6. The summed E-state index contributed by atoms with van der Waals surface area (Å²) in [6.45, 7) is 16.0. The number of amides is 1. The summed E-state index contributed by atoms with van der Waals surface area (Å²) in [6.07, 6.45) is 4.10. The predicted molar refractivity (Wildman–Crippen MR) is 103 cm³/mol. The number of hydrogen-bond donors (Lipinski definition) is 1. The number of rotatable bonds is 8. The first kappa shape index (κ1) is 20.0. The highest BCUT2D eigenvalue weighted by molar-refractivity contribution is 5.79. The lowest BCUT2D eigenvalue weighted by molar-refractivity contribution is -0.120. The van der Waals surface area contributed by atoms with Crippen LogP contribution in [0.15, 0.2) is 0 Å². The van der Waals surface area contributed by atoms with Gasteiger partial charge in [-0.15, -0.1) is 0 Å². The quantitative estimate of drug-likeness (QED) is 0.735. The first-order valence-electron chi connectivity index (χ1n) is 9.88. The highest BCUT2D eigenvalue weighted by Gasteiger charge is 2.16. The van der Waals surface area contributed by atoms with E-state index in [1.807, 2.05) is 11.6 Å². The molecule has 0 aliphatic carbocycles. The molecule has 0 atom stereocenters. The van der Waals surface area contributed by atoms with Crippen molar-refractivity contribution >= 4 is 5.91 Å². The van der Waals surface area contributed by atoms with Crippen LogP contribution in [0.4, 0.5) is 0 Å². The van der Waals surface area contributed by atoms with Crippen LogP contribution in [0.3, 0.4) is 0 Å². The van der Waals surface area contributed by atoms with Crippen molar-refractivity contribution in [3.63, 3.8) is 0 Å². The number of aromatic nitrogens is 2. The van der Waals surface area contributed by atoms with E-state index in [1.165, 1.54) is 25.9 Å². The van der Waals surface area contributed by atoms with Gasteiger partial charge in [0.15, 0.2) is 0 Å². The van der Waals surface area contributed by atoms with E-state index >= 15 is 0 Å². The number of carbonyl (C=O) groups is 1. The Morgan fingerprint density at radius 3 is 2.60 bits per heavy atom. The molecule has 5 nitrogen and oxygen atoms in total. The van der Waals surface area contributed by atoms with Gasteiger partial charge in [-0.2, -0.15) is 5.10 Å². The summed E-state index contributed by atoms with van der Waals surface area (Å²) in [5.41, 5.74) is 3.20. The van der Waals surface area contributed by atoms with Crippen LogP contribution in [0.5, 0.6) is 0 Å². The number of aryl methyl sites for hydroxylation is 1.